The maximum absolute atomic E-state index is 12.6. The Hall–Kier alpha value is -1.93. The second kappa shape index (κ2) is 6.52. The molecule has 2 heterocycles. The van der Waals surface area contributed by atoms with Gasteiger partial charge in [-0.1, -0.05) is 18.2 Å². The fraction of sp³-hybridized carbons (Fsp3) is 0.500. The lowest BCUT2D eigenvalue weighted by atomic mass is 9.97. The maximum Gasteiger partial charge on any atom is 0.339 e. The van der Waals surface area contributed by atoms with Gasteiger partial charge in [0.2, 0.25) is 10.0 Å². The van der Waals surface area contributed by atoms with Gasteiger partial charge in [-0.3, -0.25) is 4.79 Å². The number of piperidine rings is 1. The van der Waals surface area contributed by atoms with Gasteiger partial charge >= 0.3 is 5.97 Å². The average molecular weight is 352 g/mol. The van der Waals surface area contributed by atoms with Gasteiger partial charge in [0.25, 0.3) is 5.91 Å². The fourth-order valence-corrected chi connectivity index (χ4v) is 4.03. The number of hydrogen-bond donors (Lipinski definition) is 1. The van der Waals surface area contributed by atoms with Crippen LogP contribution >= 0.6 is 0 Å². The van der Waals surface area contributed by atoms with Crippen molar-refractivity contribution < 1.29 is 22.7 Å². The molecule has 1 aromatic carbocycles. The summed E-state index contributed by atoms with van der Waals surface area (Å²) in [4.78, 5) is 26.3. The third-order valence-corrected chi connectivity index (χ3v) is 5.12. The Balaban J connectivity index is 1.62. The molecule has 1 amide bonds. The van der Waals surface area contributed by atoms with Crippen LogP contribution in [0.1, 0.15) is 28.8 Å². The molecular formula is C16H20N2O5S. The van der Waals surface area contributed by atoms with Crippen molar-refractivity contribution >= 4 is 21.9 Å². The van der Waals surface area contributed by atoms with Crippen LogP contribution in [0, 0.1) is 0 Å². The van der Waals surface area contributed by atoms with E-state index in [1.807, 2.05) is 12.1 Å². The van der Waals surface area contributed by atoms with Gasteiger partial charge in [0.15, 0.2) is 6.10 Å². The van der Waals surface area contributed by atoms with Crippen molar-refractivity contribution in [3.63, 3.8) is 0 Å². The summed E-state index contributed by atoms with van der Waals surface area (Å²) in [6.07, 6.45) is 1.81. The highest BCUT2D eigenvalue weighted by Gasteiger charge is 2.35. The smallest absolute Gasteiger partial charge is 0.339 e. The van der Waals surface area contributed by atoms with E-state index in [4.69, 9.17) is 4.74 Å². The molecule has 8 heteroatoms. The summed E-state index contributed by atoms with van der Waals surface area (Å²) in [7, 11) is -3.25. The molecule has 0 aliphatic carbocycles. The summed E-state index contributed by atoms with van der Waals surface area (Å²) in [5.41, 5.74) is 1.33. The number of nitrogens with zero attached hydrogens (tertiary/aromatic N) is 1. The first kappa shape index (κ1) is 16.9. The van der Waals surface area contributed by atoms with Crippen LogP contribution in [0.5, 0.6) is 0 Å². The first-order valence-electron chi connectivity index (χ1n) is 7.88. The highest BCUT2D eigenvalue weighted by molar-refractivity contribution is 7.88. The van der Waals surface area contributed by atoms with Crippen molar-refractivity contribution in [3.05, 3.63) is 35.4 Å². The quantitative estimate of drug-likeness (QED) is 0.790. The monoisotopic (exact) mass is 352 g/mol. The number of sulfonamides is 1. The zero-order chi connectivity index (χ0) is 17.3. The third kappa shape index (κ3) is 3.76. The molecule has 0 bridgehead atoms. The number of nitrogens with one attached hydrogen (secondary N) is 1. The van der Waals surface area contributed by atoms with E-state index in [9.17, 15) is 18.0 Å². The lowest BCUT2D eigenvalue weighted by molar-refractivity contribution is -0.142. The van der Waals surface area contributed by atoms with Gasteiger partial charge in [-0.25, -0.2) is 17.9 Å². The van der Waals surface area contributed by atoms with Crippen molar-refractivity contribution in [3.8, 4) is 0 Å². The number of ether oxygens (including phenoxy) is 1. The summed E-state index contributed by atoms with van der Waals surface area (Å²) >= 11 is 0. The molecule has 1 aromatic rings. The number of esters is 1. The van der Waals surface area contributed by atoms with Crippen LogP contribution in [-0.2, 0) is 26.0 Å². The molecule has 2 aliphatic heterocycles. The Morgan fingerprint density at radius 1 is 1.25 bits per heavy atom. The summed E-state index contributed by atoms with van der Waals surface area (Å²) in [5.74, 6) is -0.681. The van der Waals surface area contributed by atoms with Gasteiger partial charge in [0.05, 0.1) is 11.8 Å². The second-order valence-corrected chi connectivity index (χ2v) is 8.02. The zero-order valence-corrected chi connectivity index (χ0v) is 14.2. The van der Waals surface area contributed by atoms with Gasteiger partial charge in [0, 0.05) is 25.6 Å². The standard InChI is InChI=1S/C16H20N2O5S/c1-24(21,22)17-12-6-8-18(9-7-12)15(19)14-10-11-4-2-3-5-13(11)16(20)23-14/h2-5,12,14,17H,6-10H2,1H3/t14-/m1/s1. The molecule has 1 saturated heterocycles. The number of likely N-dealkylation sites (tertiary alicyclic amines) is 1. The van der Waals surface area contributed by atoms with E-state index in [2.05, 4.69) is 4.72 Å². The molecule has 3 rings (SSSR count). The minimum atomic E-state index is -3.25. The Morgan fingerprint density at radius 3 is 2.58 bits per heavy atom. The van der Waals surface area contributed by atoms with Gasteiger partial charge in [-0.15, -0.1) is 0 Å². The van der Waals surface area contributed by atoms with Crippen molar-refractivity contribution in [1.82, 2.24) is 9.62 Å². The molecule has 130 valence electrons. The zero-order valence-electron chi connectivity index (χ0n) is 13.4. The van der Waals surface area contributed by atoms with Crippen molar-refractivity contribution in [2.24, 2.45) is 0 Å². The van der Waals surface area contributed by atoms with Crippen molar-refractivity contribution in [1.29, 1.82) is 0 Å². The molecule has 2 aliphatic rings. The molecule has 0 spiro atoms. The minimum absolute atomic E-state index is 0.154. The molecule has 1 N–H and O–H groups in total. The molecule has 7 nitrogen and oxygen atoms in total. The van der Waals surface area contributed by atoms with E-state index in [0.29, 0.717) is 37.9 Å². The third-order valence-electron chi connectivity index (χ3n) is 4.35. The highest BCUT2D eigenvalue weighted by atomic mass is 32.2. The van der Waals surface area contributed by atoms with E-state index in [1.54, 1.807) is 17.0 Å². The van der Waals surface area contributed by atoms with Gasteiger partial charge in [0.1, 0.15) is 0 Å². The van der Waals surface area contributed by atoms with E-state index < -0.39 is 22.1 Å². The summed E-state index contributed by atoms with van der Waals surface area (Å²) in [5, 5.41) is 0. The number of carbonyl (C=O) groups is 2. The molecule has 0 radical (unpaired) electrons. The topological polar surface area (TPSA) is 92.8 Å². The normalized spacial score (nSPS) is 22.0. The molecule has 1 fully saturated rings. The lowest BCUT2D eigenvalue weighted by Crippen LogP contribution is -2.50. The summed E-state index contributed by atoms with van der Waals surface area (Å²) in [6, 6.07) is 6.97. The van der Waals surface area contributed by atoms with Crippen LogP contribution in [-0.4, -0.2) is 56.7 Å². The molecule has 0 unspecified atom stereocenters. The SMILES string of the molecule is CS(=O)(=O)NC1CCN(C(=O)[C@H]2Cc3ccccc3C(=O)O2)CC1. The van der Waals surface area contributed by atoms with Gasteiger partial charge in [-0.2, -0.15) is 0 Å². The Bertz CT molecular complexity index is 753. The van der Waals surface area contributed by atoms with Gasteiger partial charge in [-0.05, 0) is 24.5 Å². The van der Waals surface area contributed by atoms with Crippen molar-refractivity contribution in [2.75, 3.05) is 19.3 Å². The maximum atomic E-state index is 12.6. The predicted molar refractivity (Wildman–Crippen MR) is 86.9 cm³/mol. The van der Waals surface area contributed by atoms with Crippen LogP contribution in [0.4, 0.5) is 0 Å². The Kier molecular flexibility index (Phi) is 4.60. The molecule has 0 aromatic heterocycles. The van der Waals surface area contributed by atoms with Crippen LogP contribution in [0.15, 0.2) is 24.3 Å². The lowest BCUT2D eigenvalue weighted by Gasteiger charge is -2.35. The average Bonchev–Trinajstić information content (AvgIpc) is 2.53. The van der Waals surface area contributed by atoms with Crippen molar-refractivity contribution in [2.45, 2.75) is 31.4 Å². The summed E-state index contributed by atoms with van der Waals surface area (Å²) < 4.78 is 30.4. The Labute approximate surface area is 141 Å². The number of cyclic esters (lactones) is 1. The molecule has 0 saturated carbocycles. The van der Waals surface area contributed by atoms with E-state index in [0.717, 1.165) is 11.8 Å². The number of amides is 1. The van der Waals surface area contributed by atoms with E-state index in [1.165, 1.54) is 0 Å². The van der Waals surface area contributed by atoms with Gasteiger partial charge < -0.3 is 9.64 Å². The van der Waals surface area contributed by atoms with Crippen LogP contribution in [0.3, 0.4) is 0 Å². The van der Waals surface area contributed by atoms with E-state index >= 15 is 0 Å². The first-order valence-corrected chi connectivity index (χ1v) is 9.77. The number of rotatable bonds is 3. The largest absolute Gasteiger partial charge is 0.448 e. The first-order chi connectivity index (χ1) is 11.3. The number of fused-ring (bicyclic) bond motifs is 1. The van der Waals surface area contributed by atoms with Crippen LogP contribution in [0.25, 0.3) is 0 Å². The molecule has 1 atom stereocenters. The van der Waals surface area contributed by atoms with E-state index in [-0.39, 0.29) is 11.9 Å². The fourth-order valence-electron chi connectivity index (χ4n) is 3.19. The number of hydrogen-bond acceptors (Lipinski definition) is 5. The minimum Gasteiger partial charge on any atom is -0.448 e. The molecular weight excluding hydrogens is 332 g/mol. The van der Waals surface area contributed by atoms with Crippen LogP contribution < -0.4 is 4.72 Å². The van der Waals surface area contributed by atoms with Crippen LogP contribution in [0.2, 0.25) is 0 Å². The highest BCUT2D eigenvalue weighted by Crippen LogP contribution is 2.23. The molecule has 24 heavy (non-hydrogen) atoms. The summed E-state index contributed by atoms with van der Waals surface area (Å²) in [6.45, 7) is 0.892. The second-order valence-electron chi connectivity index (χ2n) is 6.24. The predicted octanol–water partition coefficient (Wildman–Crippen LogP) is 0.308. The Morgan fingerprint density at radius 2 is 1.92 bits per heavy atom. The number of carbonyl (C=O) groups excluding carboxylic acids is 2. The number of benzene rings is 1.